The molecule has 134 valence electrons. The van der Waals surface area contributed by atoms with Gasteiger partial charge in [-0.1, -0.05) is 13.8 Å². The van der Waals surface area contributed by atoms with Gasteiger partial charge in [-0.2, -0.15) is 5.10 Å². The van der Waals surface area contributed by atoms with E-state index >= 15 is 0 Å². The molecule has 0 saturated heterocycles. The number of nitrogens with zero attached hydrogens (tertiary/aromatic N) is 3. The van der Waals surface area contributed by atoms with Crippen molar-refractivity contribution in [3.8, 4) is 0 Å². The molecule has 1 aromatic carbocycles. The highest BCUT2D eigenvalue weighted by Gasteiger charge is 2.61. The van der Waals surface area contributed by atoms with Crippen molar-refractivity contribution in [2.75, 3.05) is 5.43 Å². The van der Waals surface area contributed by atoms with Crippen molar-refractivity contribution in [1.29, 1.82) is 0 Å². The molecule has 0 spiro atoms. The molecule has 2 rings (SSSR count). The lowest BCUT2D eigenvalue weighted by Gasteiger charge is -2.05. The Morgan fingerprint density at radius 2 is 1.96 bits per heavy atom. The molecule has 0 aliphatic heterocycles. The van der Waals surface area contributed by atoms with Gasteiger partial charge in [0.05, 0.1) is 21.8 Å². The lowest BCUT2D eigenvalue weighted by Crippen LogP contribution is -2.05. The van der Waals surface area contributed by atoms with Crippen molar-refractivity contribution in [2.45, 2.75) is 27.2 Å². The van der Waals surface area contributed by atoms with Gasteiger partial charge < -0.3 is 5.11 Å². The molecule has 25 heavy (non-hydrogen) atoms. The van der Waals surface area contributed by atoms with E-state index in [1.165, 1.54) is 6.07 Å². The number of nitro groups is 2. The number of carboxylic acids is 1. The summed E-state index contributed by atoms with van der Waals surface area (Å²) < 4.78 is 0. The summed E-state index contributed by atoms with van der Waals surface area (Å²) in [6.45, 7) is 5.44. The van der Waals surface area contributed by atoms with E-state index in [2.05, 4.69) is 10.5 Å². The predicted molar refractivity (Wildman–Crippen MR) is 89.5 cm³/mol. The summed E-state index contributed by atoms with van der Waals surface area (Å²) in [6.07, 6.45) is 0.442. The Morgan fingerprint density at radius 3 is 2.44 bits per heavy atom. The SMILES string of the molecule is C/C(C[C@H]1[C@@H](C(=O)O)C1(C)C)=N/Nc1ccc([N+](=O)[O-])cc1[N+](=O)[O-]. The van der Waals surface area contributed by atoms with Crippen LogP contribution >= 0.6 is 0 Å². The molecule has 0 amide bonds. The number of hydrazone groups is 1. The zero-order valence-electron chi connectivity index (χ0n) is 13.9. The third-order valence-corrected chi connectivity index (χ3v) is 4.59. The van der Waals surface area contributed by atoms with Crippen molar-refractivity contribution in [3.05, 3.63) is 38.4 Å². The Hall–Kier alpha value is -3.04. The van der Waals surface area contributed by atoms with Crippen LogP contribution in [0.1, 0.15) is 27.2 Å². The Balaban J connectivity index is 2.12. The van der Waals surface area contributed by atoms with E-state index < -0.39 is 27.4 Å². The summed E-state index contributed by atoms with van der Waals surface area (Å²) in [6, 6.07) is 3.22. The van der Waals surface area contributed by atoms with Crippen LogP contribution in [0.5, 0.6) is 0 Å². The zero-order chi connectivity index (χ0) is 18.9. The Kier molecular flexibility index (Phi) is 4.73. The monoisotopic (exact) mass is 350 g/mol. The molecular formula is C15H18N4O6. The van der Waals surface area contributed by atoms with Crippen LogP contribution in [0.25, 0.3) is 0 Å². The maximum absolute atomic E-state index is 11.2. The van der Waals surface area contributed by atoms with Gasteiger partial charge in [0, 0.05) is 11.8 Å². The first-order valence-corrected chi connectivity index (χ1v) is 7.50. The van der Waals surface area contributed by atoms with Crippen LogP contribution in [0, 0.1) is 37.5 Å². The van der Waals surface area contributed by atoms with Gasteiger partial charge in [0.15, 0.2) is 0 Å². The van der Waals surface area contributed by atoms with Gasteiger partial charge in [0.25, 0.3) is 5.69 Å². The summed E-state index contributed by atoms with van der Waals surface area (Å²) in [4.78, 5) is 31.5. The number of carbonyl (C=O) groups is 1. The lowest BCUT2D eigenvalue weighted by atomic mass is 10.1. The Labute approximate surface area is 142 Å². The first-order chi connectivity index (χ1) is 11.6. The van der Waals surface area contributed by atoms with Crippen LogP contribution in [0.15, 0.2) is 23.3 Å². The second kappa shape index (κ2) is 6.46. The minimum atomic E-state index is -0.846. The number of hydrogen-bond donors (Lipinski definition) is 2. The molecule has 1 aliphatic rings. The third kappa shape index (κ3) is 3.73. The number of nitro benzene ring substituents is 2. The fraction of sp³-hybridized carbons (Fsp3) is 0.467. The van der Waals surface area contributed by atoms with Gasteiger partial charge in [0.2, 0.25) is 0 Å². The van der Waals surface area contributed by atoms with Crippen LogP contribution in [-0.2, 0) is 4.79 Å². The molecule has 0 heterocycles. The van der Waals surface area contributed by atoms with Crippen LogP contribution in [0.3, 0.4) is 0 Å². The predicted octanol–water partition coefficient (Wildman–Crippen LogP) is 3.04. The standard InChI is InChI=1S/C15H18N4O6/c1-8(6-10-13(14(20)21)15(10,2)3)16-17-11-5-4-9(18(22)23)7-12(11)19(24)25/h4-5,7,10,13,17H,6H2,1-3H3,(H,20,21)/b16-8-/t10-,13-/m0/s1. The topological polar surface area (TPSA) is 148 Å². The van der Waals surface area contributed by atoms with Gasteiger partial charge >= 0.3 is 11.7 Å². The number of benzene rings is 1. The largest absolute Gasteiger partial charge is 0.481 e. The summed E-state index contributed by atoms with van der Waals surface area (Å²) in [5, 5.41) is 35.0. The van der Waals surface area contributed by atoms with E-state index in [0.29, 0.717) is 12.1 Å². The summed E-state index contributed by atoms with van der Waals surface area (Å²) in [5.41, 5.74) is 2.00. The van der Waals surface area contributed by atoms with Crippen molar-refractivity contribution in [1.82, 2.24) is 0 Å². The highest BCUT2D eigenvalue weighted by molar-refractivity contribution is 5.86. The Bertz CT molecular complexity index is 773. The van der Waals surface area contributed by atoms with Crippen LogP contribution < -0.4 is 5.43 Å². The second-order valence-electron chi connectivity index (χ2n) is 6.62. The molecule has 0 radical (unpaired) electrons. The summed E-state index contributed by atoms with van der Waals surface area (Å²) >= 11 is 0. The minimum Gasteiger partial charge on any atom is -0.481 e. The molecule has 1 aliphatic carbocycles. The van der Waals surface area contributed by atoms with Gasteiger partial charge in [0.1, 0.15) is 5.69 Å². The van der Waals surface area contributed by atoms with Gasteiger partial charge in [-0.05, 0) is 30.7 Å². The number of hydrogen-bond acceptors (Lipinski definition) is 7. The van der Waals surface area contributed by atoms with E-state index in [4.69, 9.17) is 5.11 Å². The number of aliphatic carboxylic acids is 1. The number of non-ortho nitro benzene ring substituents is 1. The molecule has 10 nitrogen and oxygen atoms in total. The van der Waals surface area contributed by atoms with Crippen molar-refractivity contribution < 1.29 is 19.7 Å². The van der Waals surface area contributed by atoms with Crippen LogP contribution in [0.4, 0.5) is 17.1 Å². The first-order valence-electron chi connectivity index (χ1n) is 7.50. The maximum Gasteiger partial charge on any atom is 0.307 e. The molecule has 2 N–H and O–H groups in total. The Morgan fingerprint density at radius 1 is 1.32 bits per heavy atom. The first kappa shape index (κ1) is 18.3. The van der Waals surface area contributed by atoms with Crippen LogP contribution in [-0.4, -0.2) is 26.6 Å². The zero-order valence-corrected chi connectivity index (χ0v) is 13.9. The van der Waals surface area contributed by atoms with Gasteiger partial charge in [-0.3, -0.25) is 30.4 Å². The molecule has 1 aromatic rings. The van der Waals surface area contributed by atoms with Gasteiger partial charge in [-0.15, -0.1) is 0 Å². The van der Waals surface area contributed by atoms with Crippen molar-refractivity contribution >= 4 is 28.7 Å². The smallest absolute Gasteiger partial charge is 0.307 e. The van der Waals surface area contributed by atoms with E-state index in [1.807, 2.05) is 13.8 Å². The molecule has 0 unspecified atom stereocenters. The van der Waals surface area contributed by atoms with Gasteiger partial charge in [-0.25, -0.2) is 0 Å². The molecule has 1 saturated carbocycles. The van der Waals surface area contributed by atoms with Crippen LogP contribution in [0.2, 0.25) is 0 Å². The normalized spacial score (nSPS) is 21.5. The molecule has 0 aromatic heterocycles. The number of anilines is 1. The molecule has 2 atom stereocenters. The highest BCUT2D eigenvalue weighted by atomic mass is 16.6. The minimum absolute atomic E-state index is 0.0276. The quantitative estimate of drug-likeness (QED) is 0.436. The third-order valence-electron chi connectivity index (χ3n) is 4.59. The number of rotatable bonds is 7. The van der Waals surface area contributed by atoms with E-state index in [-0.39, 0.29) is 22.7 Å². The highest BCUT2D eigenvalue weighted by Crippen LogP contribution is 2.60. The molecule has 10 heteroatoms. The molecular weight excluding hydrogens is 332 g/mol. The summed E-state index contributed by atoms with van der Waals surface area (Å²) in [5.74, 6) is -1.34. The molecule has 1 fully saturated rings. The van der Waals surface area contributed by atoms with E-state index in [9.17, 15) is 25.0 Å². The van der Waals surface area contributed by atoms with Crippen molar-refractivity contribution in [2.24, 2.45) is 22.4 Å². The maximum atomic E-state index is 11.2. The summed E-state index contributed by atoms with van der Waals surface area (Å²) in [7, 11) is 0. The van der Waals surface area contributed by atoms with E-state index in [0.717, 1.165) is 12.1 Å². The molecule has 0 bridgehead atoms. The average molecular weight is 350 g/mol. The number of nitrogens with one attached hydrogen (secondary N) is 1. The fourth-order valence-electron chi connectivity index (χ4n) is 3.01. The fourth-order valence-corrected chi connectivity index (χ4v) is 3.01. The van der Waals surface area contributed by atoms with Crippen molar-refractivity contribution in [3.63, 3.8) is 0 Å². The lowest BCUT2D eigenvalue weighted by molar-refractivity contribution is -0.393. The average Bonchev–Trinajstić information content (AvgIpc) is 3.05. The second-order valence-corrected chi connectivity index (χ2v) is 6.62. The van der Waals surface area contributed by atoms with E-state index in [1.54, 1.807) is 6.92 Å². The number of carboxylic acid groups (broad SMARTS) is 1.